The van der Waals surface area contributed by atoms with Crippen molar-refractivity contribution in [2.24, 2.45) is 0 Å². The van der Waals surface area contributed by atoms with Crippen LogP contribution in [0, 0.1) is 0 Å². The highest BCUT2D eigenvalue weighted by molar-refractivity contribution is 5.91. The SMILES string of the molecule is c1ccn2nc3[nH]ncc3c2c1. The Morgan fingerprint density at radius 3 is 3.33 bits per heavy atom. The van der Waals surface area contributed by atoms with E-state index in [4.69, 9.17) is 0 Å². The molecule has 0 saturated heterocycles. The van der Waals surface area contributed by atoms with E-state index < -0.39 is 0 Å². The van der Waals surface area contributed by atoms with E-state index in [9.17, 15) is 0 Å². The van der Waals surface area contributed by atoms with Gasteiger partial charge < -0.3 is 0 Å². The predicted molar refractivity (Wildman–Crippen MR) is 44.8 cm³/mol. The normalized spacial score (nSPS) is 11.3. The van der Waals surface area contributed by atoms with Crippen molar-refractivity contribution >= 4 is 16.6 Å². The van der Waals surface area contributed by atoms with Crippen molar-refractivity contribution in [3.05, 3.63) is 30.6 Å². The summed E-state index contributed by atoms with van der Waals surface area (Å²) >= 11 is 0. The van der Waals surface area contributed by atoms with Crippen molar-refractivity contribution in [2.75, 3.05) is 0 Å². The summed E-state index contributed by atoms with van der Waals surface area (Å²) in [5.74, 6) is 0. The third kappa shape index (κ3) is 0.567. The van der Waals surface area contributed by atoms with Crippen LogP contribution >= 0.6 is 0 Å². The minimum absolute atomic E-state index is 0.834. The molecule has 1 N–H and O–H groups in total. The zero-order valence-corrected chi connectivity index (χ0v) is 6.23. The van der Waals surface area contributed by atoms with Crippen LogP contribution in [0.2, 0.25) is 0 Å². The molecular weight excluding hydrogens is 152 g/mol. The first-order valence-corrected chi connectivity index (χ1v) is 3.71. The molecule has 4 heteroatoms. The third-order valence-electron chi connectivity index (χ3n) is 1.94. The molecule has 12 heavy (non-hydrogen) atoms. The van der Waals surface area contributed by atoms with Gasteiger partial charge in [0.05, 0.1) is 17.1 Å². The second-order valence-corrected chi connectivity index (χ2v) is 2.66. The van der Waals surface area contributed by atoms with E-state index >= 15 is 0 Å². The van der Waals surface area contributed by atoms with Gasteiger partial charge in [0.1, 0.15) is 0 Å². The van der Waals surface area contributed by atoms with Gasteiger partial charge in [0, 0.05) is 6.20 Å². The number of pyridine rings is 1. The molecule has 58 valence electrons. The van der Waals surface area contributed by atoms with Gasteiger partial charge in [0.15, 0.2) is 5.65 Å². The molecule has 3 rings (SSSR count). The zero-order valence-electron chi connectivity index (χ0n) is 6.23. The molecule has 0 unspecified atom stereocenters. The van der Waals surface area contributed by atoms with Crippen LogP contribution in [0.15, 0.2) is 30.6 Å². The topological polar surface area (TPSA) is 46.0 Å². The lowest BCUT2D eigenvalue weighted by Gasteiger charge is -1.88. The van der Waals surface area contributed by atoms with Crippen LogP contribution < -0.4 is 0 Å². The Kier molecular flexibility index (Phi) is 0.889. The first-order valence-electron chi connectivity index (χ1n) is 3.71. The van der Waals surface area contributed by atoms with Crippen LogP contribution in [0.3, 0.4) is 0 Å². The van der Waals surface area contributed by atoms with Gasteiger partial charge >= 0.3 is 0 Å². The van der Waals surface area contributed by atoms with Gasteiger partial charge in [-0.2, -0.15) is 5.10 Å². The molecule has 0 atom stereocenters. The Labute approximate surface area is 67.8 Å². The summed E-state index contributed by atoms with van der Waals surface area (Å²) in [6, 6.07) is 5.96. The van der Waals surface area contributed by atoms with Crippen molar-refractivity contribution in [3.63, 3.8) is 0 Å². The Morgan fingerprint density at radius 2 is 2.33 bits per heavy atom. The average Bonchev–Trinajstić information content (AvgIpc) is 2.62. The van der Waals surface area contributed by atoms with Crippen LogP contribution in [0.1, 0.15) is 0 Å². The maximum absolute atomic E-state index is 4.27. The lowest BCUT2D eigenvalue weighted by atomic mass is 10.3. The molecule has 3 heterocycles. The second kappa shape index (κ2) is 1.85. The van der Waals surface area contributed by atoms with Crippen LogP contribution in [0.5, 0.6) is 0 Å². The largest absolute Gasteiger partial charge is 0.259 e. The highest BCUT2D eigenvalue weighted by atomic mass is 15.3. The summed E-state index contributed by atoms with van der Waals surface area (Å²) in [6.45, 7) is 0. The number of H-pyrrole nitrogens is 1. The molecule has 0 aliphatic rings. The monoisotopic (exact) mass is 158 g/mol. The number of hydrogen-bond acceptors (Lipinski definition) is 2. The molecule has 3 aromatic heterocycles. The predicted octanol–water partition coefficient (Wildman–Crippen LogP) is 1.21. The Morgan fingerprint density at radius 1 is 1.33 bits per heavy atom. The van der Waals surface area contributed by atoms with Gasteiger partial charge in [-0.25, -0.2) is 4.52 Å². The first-order chi connectivity index (χ1) is 5.95. The van der Waals surface area contributed by atoms with Gasteiger partial charge in [-0.05, 0) is 12.1 Å². The summed E-state index contributed by atoms with van der Waals surface area (Å²) in [5.41, 5.74) is 1.92. The minimum atomic E-state index is 0.834. The Hall–Kier alpha value is -1.84. The molecule has 0 aliphatic carbocycles. The summed E-state index contributed by atoms with van der Waals surface area (Å²) in [6.07, 6.45) is 3.71. The van der Waals surface area contributed by atoms with Gasteiger partial charge in [-0.15, -0.1) is 5.10 Å². The summed E-state index contributed by atoms with van der Waals surface area (Å²) in [7, 11) is 0. The highest BCUT2D eigenvalue weighted by Gasteiger charge is 2.03. The smallest absolute Gasteiger partial charge is 0.178 e. The third-order valence-corrected chi connectivity index (χ3v) is 1.94. The van der Waals surface area contributed by atoms with Gasteiger partial charge in [0.25, 0.3) is 0 Å². The fourth-order valence-corrected chi connectivity index (χ4v) is 1.39. The number of nitrogens with one attached hydrogen (secondary N) is 1. The van der Waals surface area contributed by atoms with E-state index in [0.717, 1.165) is 16.6 Å². The molecule has 0 spiro atoms. The van der Waals surface area contributed by atoms with E-state index in [2.05, 4.69) is 15.3 Å². The molecule has 0 saturated carbocycles. The van der Waals surface area contributed by atoms with Gasteiger partial charge in [-0.1, -0.05) is 6.07 Å². The number of nitrogens with zero attached hydrogens (tertiary/aromatic N) is 3. The van der Waals surface area contributed by atoms with Crippen LogP contribution in [-0.2, 0) is 0 Å². The highest BCUT2D eigenvalue weighted by Crippen LogP contribution is 2.15. The molecular formula is C8H6N4. The lowest BCUT2D eigenvalue weighted by molar-refractivity contribution is 0.952. The van der Waals surface area contributed by atoms with Gasteiger partial charge in [-0.3, -0.25) is 5.10 Å². The number of rotatable bonds is 0. The minimum Gasteiger partial charge on any atom is -0.259 e. The second-order valence-electron chi connectivity index (χ2n) is 2.66. The van der Waals surface area contributed by atoms with Crippen molar-refractivity contribution < 1.29 is 0 Å². The average molecular weight is 158 g/mol. The van der Waals surface area contributed by atoms with Crippen molar-refractivity contribution in [1.82, 2.24) is 19.8 Å². The van der Waals surface area contributed by atoms with Crippen LogP contribution in [0.4, 0.5) is 0 Å². The fraction of sp³-hybridized carbons (Fsp3) is 0. The summed E-state index contributed by atoms with van der Waals surface area (Å²) in [5, 5.41) is 12.1. The Balaban J connectivity index is 2.68. The quantitative estimate of drug-likeness (QED) is 0.534. The van der Waals surface area contributed by atoms with E-state index in [1.807, 2.05) is 28.9 Å². The van der Waals surface area contributed by atoms with Crippen molar-refractivity contribution in [3.8, 4) is 0 Å². The molecule has 0 bridgehead atoms. The Bertz CT molecular complexity index is 533. The molecule has 0 fully saturated rings. The molecule has 0 radical (unpaired) electrons. The maximum Gasteiger partial charge on any atom is 0.178 e. The van der Waals surface area contributed by atoms with Crippen LogP contribution in [-0.4, -0.2) is 19.8 Å². The van der Waals surface area contributed by atoms with E-state index in [-0.39, 0.29) is 0 Å². The van der Waals surface area contributed by atoms with E-state index in [1.165, 1.54) is 0 Å². The zero-order chi connectivity index (χ0) is 7.97. The van der Waals surface area contributed by atoms with Gasteiger partial charge in [0.2, 0.25) is 0 Å². The van der Waals surface area contributed by atoms with Crippen molar-refractivity contribution in [2.45, 2.75) is 0 Å². The lowest BCUT2D eigenvalue weighted by Crippen LogP contribution is -1.84. The molecule has 0 aliphatic heterocycles. The standard InChI is InChI=1S/C8H6N4/c1-2-4-12-7(3-1)6-5-9-10-8(6)11-12/h1-5H,(H,10,11). The first kappa shape index (κ1) is 5.77. The summed E-state index contributed by atoms with van der Waals surface area (Å²) in [4.78, 5) is 0. The molecule has 0 aromatic carbocycles. The van der Waals surface area contributed by atoms with E-state index in [0.29, 0.717) is 0 Å². The molecule has 0 amide bonds. The fourth-order valence-electron chi connectivity index (χ4n) is 1.39. The van der Waals surface area contributed by atoms with Crippen LogP contribution in [0.25, 0.3) is 16.6 Å². The van der Waals surface area contributed by atoms with E-state index in [1.54, 1.807) is 6.20 Å². The van der Waals surface area contributed by atoms with Crippen molar-refractivity contribution in [1.29, 1.82) is 0 Å². The maximum atomic E-state index is 4.27. The number of aromatic amines is 1. The number of hydrogen-bond donors (Lipinski definition) is 1. The number of fused-ring (bicyclic) bond motifs is 3. The summed E-state index contributed by atoms with van der Waals surface area (Å²) < 4.78 is 1.84. The molecule has 4 nitrogen and oxygen atoms in total. The molecule has 3 aromatic rings. The number of aromatic nitrogens is 4.